The highest BCUT2D eigenvalue weighted by molar-refractivity contribution is 7.89. The van der Waals surface area contributed by atoms with Crippen LogP contribution < -0.4 is 4.72 Å². The second kappa shape index (κ2) is 7.23. The largest absolute Gasteiger partial charge is 0.480 e. The number of carboxylic acids is 1. The summed E-state index contributed by atoms with van der Waals surface area (Å²) >= 11 is 0. The maximum atomic E-state index is 12.4. The van der Waals surface area contributed by atoms with Gasteiger partial charge in [0.25, 0.3) is 0 Å². The number of ketones is 1. The fraction of sp³-hybridized carbons (Fsp3) is 0.500. The van der Waals surface area contributed by atoms with Crippen molar-refractivity contribution < 1.29 is 23.1 Å². The van der Waals surface area contributed by atoms with Crippen molar-refractivity contribution in [3.63, 3.8) is 0 Å². The predicted molar refractivity (Wildman–Crippen MR) is 85.0 cm³/mol. The molecule has 0 amide bonds. The molecule has 0 fully saturated rings. The van der Waals surface area contributed by atoms with Gasteiger partial charge >= 0.3 is 5.97 Å². The lowest BCUT2D eigenvalue weighted by Gasteiger charge is -2.18. The Hall–Kier alpha value is -1.73. The Morgan fingerprint density at radius 1 is 1.35 bits per heavy atom. The number of aliphatic carboxylic acids is 1. The van der Waals surface area contributed by atoms with Crippen LogP contribution in [-0.2, 0) is 21.2 Å². The molecule has 126 valence electrons. The quantitative estimate of drug-likeness (QED) is 0.792. The Bertz CT molecular complexity index is 711. The fourth-order valence-corrected chi connectivity index (χ4v) is 3.92. The van der Waals surface area contributed by atoms with Gasteiger partial charge in [-0.15, -0.1) is 0 Å². The number of fused-ring (bicyclic) bond motifs is 1. The van der Waals surface area contributed by atoms with Gasteiger partial charge in [-0.1, -0.05) is 25.8 Å². The molecular weight excluding hydrogens is 318 g/mol. The van der Waals surface area contributed by atoms with Crippen molar-refractivity contribution in [2.45, 2.75) is 56.4 Å². The van der Waals surface area contributed by atoms with Crippen LogP contribution in [0, 0.1) is 0 Å². The first-order valence-corrected chi connectivity index (χ1v) is 9.24. The number of aryl methyl sites for hydroxylation is 1. The zero-order valence-electron chi connectivity index (χ0n) is 13.0. The number of sulfonamides is 1. The first-order chi connectivity index (χ1) is 10.8. The lowest BCUT2D eigenvalue weighted by molar-refractivity contribution is -0.139. The van der Waals surface area contributed by atoms with Gasteiger partial charge in [0.15, 0.2) is 5.78 Å². The van der Waals surface area contributed by atoms with E-state index in [1.807, 2.05) is 6.92 Å². The van der Waals surface area contributed by atoms with E-state index in [4.69, 9.17) is 5.11 Å². The van der Waals surface area contributed by atoms with Gasteiger partial charge in [-0.3, -0.25) is 9.59 Å². The number of Topliss-reactive ketones (excluding diaryl/α,β-unsaturated/α-hetero) is 1. The third-order valence-corrected chi connectivity index (χ3v) is 5.45. The van der Waals surface area contributed by atoms with E-state index in [9.17, 15) is 18.0 Å². The molecule has 0 saturated carbocycles. The van der Waals surface area contributed by atoms with Gasteiger partial charge in [-0.25, -0.2) is 8.42 Å². The molecule has 0 aliphatic heterocycles. The van der Waals surface area contributed by atoms with Gasteiger partial charge < -0.3 is 5.11 Å². The standard InChI is InChI=1S/C16H21NO5S/c1-2-3-6-14(16(19)20)17-23(21,22)12-9-8-11-5-4-7-15(18)13(11)10-12/h8-10,14,17H,2-7H2,1H3,(H,19,20)/t14-/m0/s1. The first-order valence-electron chi connectivity index (χ1n) is 7.76. The second-order valence-electron chi connectivity index (χ2n) is 5.75. The summed E-state index contributed by atoms with van der Waals surface area (Å²) in [6.45, 7) is 1.91. The number of nitrogens with one attached hydrogen (secondary N) is 1. The number of carboxylic acid groups (broad SMARTS) is 1. The van der Waals surface area contributed by atoms with Gasteiger partial charge in [-0.05, 0) is 37.0 Å². The zero-order chi connectivity index (χ0) is 17.0. The number of carbonyl (C=O) groups excluding carboxylic acids is 1. The summed E-state index contributed by atoms with van der Waals surface area (Å²) < 4.78 is 27.1. The molecule has 0 unspecified atom stereocenters. The van der Waals surface area contributed by atoms with Crippen LogP contribution in [0.4, 0.5) is 0 Å². The Labute approximate surface area is 136 Å². The Balaban J connectivity index is 2.27. The lowest BCUT2D eigenvalue weighted by atomic mass is 9.91. The maximum Gasteiger partial charge on any atom is 0.321 e. The van der Waals surface area contributed by atoms with E-state index in [0.29, 0.717) is 18.4 Å². The molecule has 1 aliphatic carbocycles. The van der Waals surface area contributed by atoms with Crippen molar-refractivity contribution in [2.75, 3.05) is 0 Å². The molecule has 23 heavy (non-hydrogen) atoms. The van der Waals surface area contributed by atoms with Gasteiger partial charge in [0.1, 0.15) is 6.04 Å². The fourth-order valence-electron chi connectivity index (χ4n) is 2.67. The van der Waals surface area contributed by atoms with E-state index in [1.54, 1.807) is 6.07 Å². The number of hydrogen-bond acceptors (Lipinski definition) is 4. The number of benzene rings is 1. The highest BCUT2D eigenvalue weighted by atomic mass is 32.2. The van der Waals surface area contributed by atoms with E-state index in [2.05, 4.69) is 4.72 Å². The smallest absolute Gasteiger partial charge is 0.321 e. The minimum atomic E-state index is -3.97. The molecule has 0 saturated heterocycles. The number of unbranched alkanes of at least 4 members (excludes halogenated alkanes) is 1. The highest BCUT2D eigenvalue weighted by Gasteiger charge is 2.26. The lowest BCUT2D eigenvalue weighted by Crippen LogP contribution is -2.40. The van der Waals surface area contributed by atoms with Crippen LogP contribution in [-0.4, -0.2) is 31.3 Å². The summed E-state index contributed by atoms with van der Waals surface area (Å²) in [5.74, 6) is -1.26. The molecule has 1 aliphatic rings. The third kappa shape index (κ3) is 4.17. The van der Waals surface area contributed by atoms with Crippen molar-refractivity contribution >= 4 is 21.8 Å². The summed E-state index contributed by atoms with van der Waals surface area (Å²) in [5.41, 5.74) is 1.28. The molecule has 1 aromatic carbocycles. The van der Waals surface area contributed by atoms with Gasteiger partial charge in [0.05, 0.1) is 4.90 Å². The molecule has 6 nitrogen and oxygen atoms in total. The van der Waals surface area contributed by atoms with Crippen molar-refractivity contribution in [1.29, 1.82) is 0 Å². The maximum absolute atomic E-state index is 12.4. The van der Waals surface area contributed by atoms with E-state index in [0.717, 1.165) is 24.8 Å². The molecule has 0 spiro atoms. The molecule has 2 N–H and O–H groups in total. The zero-order valence-corrected chi connectivity index (χ0v) is 13.9. The number of hydrogen-bond donors (Lipinski definition) is 2. The van der Waals surface area contributed by atoms with Crippen LogP contribution in [0.5, 0.6) is 0 Å². The summed E-state index contributed by atoms with van der Waals surface area (Å²) in [6, 6.07) is 3.27. The summed E-state index contributed by atoms with van der Waals surface area (Å²) in [6.07, 6.45) is 3.56. The van der Waals surface area contributed by atoms with Crippen molar-refractivity contribution in [1.82, 2.24) is 4.72 Å². The second-order valence-corrected chi connectivity index (χ2v) is 7.46. The van der Waals surface area contributed by atoms with Gasteiger partial charge in [-0.2, -0.15) is 4.72 Å². The highest BCUT2D eigenvalue weighted by Crippen LogP contribution is 2.24. The first kappa shape index (κ1) is 17.6. The van der Waals surface area contributed by atoms with Crippen LogP contribution in [0.2, 0.25) is 0 Å². The topological polar surface area (TPSA) is 101 Å². The average Bonchev–Trinajstić information content (AvgIpc) is 2.51. The molecule has 0 aromatic heterocycles. The molecule has 7 heteroatoms. The van der Waals surface area contributed by atoms with Crippen LogP contribution in [0.1, 0.15) is 54.9 Å². The van der Waals surface area contributed by atoms with Crippen molar-refractivity contribution in [3.8, 4) is 0 Å². The molecule has 1 atom stereocenters. The molecular formula is C16H21NO5S. The van der Waals surface area contributed by atoms with E-state index < -0.39 is 22.0 Å². The number of rotatable bonds is 7. The Morgan fingerprint density at radius 3 is 2.74 bits per heavy atom. The van der Waals surface area contributed by atoms with Crippen molar-refractivity contribution in [3.05, 3.63) is 29.3 Å². The molecule has 0 bridgehead atoms. The van der Waals surface area contributed by atoms with Crippen LogP contribution >= 0.6 is 0 Å². The number of carbonyl (C=O) groups is 2. The van der Waals surface area contributed by atoms with Crippen LogP contribution in [0.25, 0.3) is 0 Å². The summed E-state index contributed by atoms with van der Waals surface area (Å²) in [5, 5.41) is 9.16. The van der Waals surface area contributed by atoms with E-state index in [-0.39, 0.29) is 17.1 Å². The van der Waals surface area contributed by atoms with E-state index in [1.165, 1.54) is 12.1 Å². The molecule has 0 heterocycles. The van der Waals surface area contributed by atoms with Gasteiger partial charge in [0.2, 0.25) is 10.0 Å². The van der Waals surface area contributed by atoms with Crippen molar-refractivity contribution in [2.24, 2.45) is 0 Å². The molecule has 2 rings (SSSR count). The van der Waals surface area contributed by atoms with Gasteiger partial charge in [0, 0.05) is 12.0 Å². The average molecular weight is 339 g/mol. The molecule has 0 radical (unpaired) electrons. The third-order valence-electron chi connectivity index (χ3n) is 3.98. The normalized spacial score (nSPS) is 16.0. The summed E-state index contributed by atoms with van der Waals surface area (Å²) in [4.78, 5) is 23.1. The minimum absolute atomic E-state index is 0.0609. The van der Waals surface area contributed by atoms with Crippen LogP contribution in [0.15, 0.2) is 23.1 Å². The predicted octanol–water partition coefficient (Wildman–Crippen LogP) is 2.13. The Morgan fingerprint density at radius 2 is 2.09 bits per heavy atom. The summed E-state index contributed by atoms with van der Waals surface area (Å²) in [7, 11) is -3.97. The molecule has 1 aromatic rings. The van der Waals surface area contributed by atoms with E-state index >= 15 is 0 Å². The Kier molecular flexibility index (Phi) is 5.54. The van der Waals surface area contributed by atoms with Crippen LogP contribution in [0.3, 0.4) is 0 Å². The SMILES string of the molecule is CCCC[C@H](NS(=O)(=O)c1ccc2c(c1)C(=O)CCC2)C(=O)O. The monoisotopic (exact) mass is 339 g/mol. The minimum Gasteiger partial charge on any atom is -0.480 e.